The maximum Gasteiger partial charge on any atom is 0.186 e. The van der Waals surface area contributed by atoms with Crippen molar-refractivity contribution in [3.8, 4) is 6.07 Å². The Bertz CT molecular complexity index is 998. The molecule has 1 aliphatic heterocycles. The fourth-order valence-electron chi connectivity index (χ4n) is 2.91. The van der Waals surface area contributed by atoms with E-state index in [0.717, 1.165) is 39.2 Å². The van der Waals surface area contributed by atoms with Gasteiger partial charge < -0.3 is 16.0 Å². The third-order valence-corrected chi connectivity index (χ3v) is 5.88. The lowest BCUT2D eigenvalue weighted by Crippen LogP contribution is -2.34. The van der Waals surface area contributed by atoms with E-state index in [9.17, 15) is 5.26 Å². The second-order valence-electron chi connectivity index (χ2n) is 6.00. The van der Waals surface area contributed by atoms with Gasteiger partial charge in [-0.05, 0) is 28.8 Å². The van der Waals surface area contributed by atoms with Crippen LogP contribution in [0, 0.1) is 17.2 Å². The summed E-state index contributed by atoms with van der Waals surface area (Å²) in [6.45, 7) is 1.63. The maximum atomic E-state index is 9.23. The van der Waals surface area contributed by atoms with Gasteiger partial charge in [-0.1, -0.05) is 11.3 Å². The molecular formula is C16H15BrN8S. The minimum atomic E-state index is 0.0546. The van der Waals surface area contributed by atoms with E-state index in [-0.39, 0.29) is 5.92 Å². The fourth-order valence-corrected chi connectivity index (χ4v) is 4.50. The first-order valence-corrected chi connectivity index (χ1v) is 9.69. The summed E-state index contributed by atoms with van der Waals surface area (Å²) in [5, 5.41) is 13.3. The number of rotatable bonds is 3. The molecule has 4 rings (SSSR count). The number of piperidine rings is 1. The highest BCUT2D eigenvalue weighted by Crippen LogP contribution is 2.38. The molecule has 0 aromatic carbocycles. The third kappa shape index (κ3) is 3.27. The SMILES string of the molecule is N#C[C@H]1CCCN(c2nc3c(Br)cnc(Nc4cc(N)ncn4)c3s2)C1. The average Bonchev–Trinajstić information content (AvgIpc) is 3.11. The summed E-state index contributed by atoms with van der Waals surface area (Å²) in [5.74, 6) is 1.68. The highest BCUT2D eigenvalue weighted by atomic mass is 79.9. The Morgan fingerprint density at radius 1 is 1.38 bits per heavy atom. The number of nitrogen functional groups attached to an aromatic ring is 1. The Hall–Kier alpha value is -2.51. The van der Waals surface area contributed by atoms with Crippen LogP contribution in [0.5, 0.6) is 0 Å². The van der Waals surface area contributed by atoms with Crippen molar-refractivity contribution in [2.75, 3.05) is 29.0 Å². The summed E-state index contributed by atoms with van der Waals surface area (Å²) in [4.78, 5) is 19.5. The maximum absolute atomic E-state index is 9.23. The highest BCUT2D eigenvalue weighted by molar-refractivity contribution is 9.10. The van der Waals surface area contributed by atoms with Gasteiger partial charge in [0.2, 0.25) is 0 Å². The summed E-state index contributed by atoms with van der Waals surface area (Å²) < 4.78 is 1.75. The lowest BCUT2D eigenvalue weighted by molar-refractivity contribution is 0.493. The number of aromatic nitrogens is 4. The zero-order chi connectivity index (χ0) is 18.1. The second kappa shape index (κ2) is 7.01. The number of nitrogens with zero attached hydrogens (tertiary/aromatic N) is 6. The van der Waals surface area contributed by atoms with Gasteiger partial charge in [-0.15, -0.1) is 0 Å². The van der Waals surface area contributed by atoms with Crippen molar-refractivity contribution in [1.82, 2.24) is 19.9 Å². The van der Waals surface area contributed by atoms with Crippen molar-refractivity contribution in [3.05, 3.63) is 23.1 Å². The van der Waals surface area contributed by atoms with Crippen LogP contribution >= 0.6 is 27.3 Å². The predicted molar refractivity (Wildman–Crippen MR) is 105 cm³/mol. The zero-order valence-corrected chi connectivity index (χ0v) is 16.1. The number of fused-ring (bicyclic) bond motifs is 1. The molecule has 1 fully saturated rings. The van der Waals surface area contributed by atoms with E-state index in [1.807, 2.05) is 0 Å². The molecule has 0 amide bonds. The molecule has 0 bridgehead atoms. The van der Waals surface area contributed by atoms with Crippen molar-refractivity contribution in [2.45, 2.75) is 12.8 Å². The van der Waals surface area contributed by atoms with E-state index < -0.39 is 0 Å². The van der Waals surface area contributed by atoms with Gasteiger partial charge in [0, 0.05) is 25.4 Å². The minimum Gasteiger partial charge on any atom is -0.384 e. The average molecular weight is 431 g/mol. The summed E-state index contributed by atoms with van der Waals surface area (Å²) in [5.41, 5.74) is 6.55. The van der Waals surface area contributed by atoms with Gasteiger partial charge in [-0.2, -0.15) is 5.26 Å². The molecule has 132 valence electrons. The Morgan fingerprint density at radius 3 is 3.08 bits per heavy atom. The molecule has 8 nitrogen and oxygen atoms in total. The largest absolute Gasteiger partial charge is 0.384 e. The quantitative estimate of drug-likeness (QED) is 0.649. The first-order chi connectivity index (χ1) is 12.6. The van der Waals surface area contributed by atoms with Crippen molar-refractivity contribution >= 4 is 60.1 Å². The van der Waals surface area contributed by atoms with Crippen molar-refractivity contribution in [1.29, 1.82) is 5.26 Å². The molecule has 0 radical (unpaired) electrons. The lowest BCUT2D eigenvalue weighted by Gasteiger charge is -2.28. The van der Waals surface area contributed by atoms with E-state index in [4.69, 9.17) is 10.7 Å². The van der Waals surface area contributed by atoms with Gasteiger partial charge in [0.1, 0.15) is 28.2 Å². The Kier molecular flexibility index (Phi) is 4.57. The van der Waals surface area contributed by atoms with Crippen LogP contribution in [0.25, 0.3) is 10.2 Å². The Balaban J connectivity index is 1.70. The summed E-state index contributed by atoms with van der Waals surface area (Å²) in [6, 6.07) is 4.03. The molecular weight excluding hydrogens is 416 g/mol. The smallest absolute Gasteiger partial charge is 0.186 e. The number of hydrogen-bond acceptors (Lipinski definition) is 9. The van der Waals surface area contributed by atoms with E-state index in [1.54, 1.807) is 23.6 Å². The highest BCUT2D eigenvalue weighted by Gasteiger charge is 2.23. The number of anilines is 4. The van der Waals surface area contributed by atoms with Crippen LogP contribution < -0.4 is 16.0 Å². The van der Waals surface area contributed by atoms with Gasteiger partial charge in [-0.3, -0.25) is 0 Å². The molecule has 0 aliphatic carbocycles. The summed E-state index contributed by atoms with van der Waals surface area (Å²) in [7, 11) is 0. The molecule has 1 aliphatic rings. The van der Waals surface area contributed by atoms with Gasteiger partial charge >= 0.3 is 0 Å². The normalized spacial score (nSPS) is 17.2. The van der Waals surface area contributed by atoms with Gasteiger partial charge in [0.05, 0.1) is 16.5 Å². The number of thiazole rings is 1. The molecule has 3 aromatic rings. The predicted octanol–water partition coefficient (Wildman–Crippen LogP) is 3.31. The molecule has 1 atom stereocenters. The summed E-state index contributed by atoms with van der Waals surface area (Å²) in [6.07, 6.45) is 5.07. The number of halogens is 1. The monoisotopic (exact) mass is 430 g/mol. The lowest BCUT2D eigenvalue weighted by atomic mass is 10.0. The topological polar surface area (TPSA) is 117 Å². The van der Waals surface area contributed by atoms with Crippen LogP contribution in [0.2, 0.25) is 0 Å². The molecule has 1 saturated heterocycles. The number of pyridine rings is 1. The van der Waals surface area contributed by atoms with Crippen LogP contribution in [0.3, 0.4) is 0 Å². The van der Waals surface area contributed by atoms with Gasteiger partial charge in [0.15, 0.2) is 10.9 Å². The standard InChI is InChI=1S/C16H15BrN8S/c17-10-6-20-15(23-12-4-11(19)21-8-22-12)14-13(10)24-16(26-14)25-3-1-2-9(5-18)7-25/h4,6,8-9H,1-3,7H2,(H3,19,20,21,22,23)/t9-/m1/s1. The molecule has 0 unspecified atom stereocenters. The number of hydrogen-bond donors (Lipinski definition) is 2. The van der Waals surface area contributed by atoms with E-state index in [1.165, 1.54) is 6.33 Å². The molecule has 3 aromatic heterocycles. The molecule has 3 N–H and O–H groups in total. The van der Waals surface area contributed by atoms with Gasteiger partial charge in [0.25, 0.3) is 0 Å². The second-order valence-corrected chi connectivity index (χ2v) is 7.83. The number of nitrogens with two attached hydrogens (primary N) is 1. The first-order valence-electron chi connectivity index (χ1n) is 8.08. The van der Waals surface area contributed by atoms with Crippen LogP contribution in [0.1, 0.15) is 12.8 Å². The van der Waals surface area contributed by atoms with Crippen LogP contribution in [0.15, 0.2) is 23.1 Å². The molecule has 10 heteroatoms. The van der Waals surface area contributed by atoms with Crippen LogP contribution in [-0.2, 0) is 0 Å². The Labute approximate surface area is 162 Å². The van der Waals surface area contributed by atoms with Crippen molar-refractivity contribution in [2.24, 2.45) is 5.92 Å². The molecule has 0 saturated carbocycles. The molecule has 0 spiro atoms. The minimum absolute atomic E-state index is 0.0546. The Morgan fingerprint density at radius 2 is 2.27 bits per heavy atom. The summed E-state index contributed by atoms with van der Waals surface area (Å²) >= 11 is 5.08. The van der Waals surface area contributed by atoms with Crippen molar-refractivity contribution < 1.29 is 0 Å². The van der Waals surface area contributed by atoms with Crippen LogP contribution in [-0.4, -0.2) is 33.0 Å². The van der Waals surface area contributed by atoms with E-state index >= 15 is 0 Å². The molecule has 4 heterocycles. The fraction of sp³-hybridized carbons (Fsp3) is 0.312. The number of nitrogens with one attached hydrogen (secondary N) is 1. The van der Waals surface area contributed by atoms with Crippen molar-refractivity contribution in [3.63, 3.8) is 0 Å². The number of nitriles is 1. The van der Waals surface area contributed by atoms with E-state index in [0.29, 0.717) is 24.0 Å². The van der Waals surface area contributed by atoms with E-state index in [2.05, 4.69) is 47.2 Å². The van der Waals surface area contributed by atoms with Crippen LogP contribution in [0.4, 0.5) is 22.6 Å². The first kappa shape index (κ1) is 16.9. The third-order valence-electron chi connectivity index (χ3n) is 4.17. The van der Waals surface area contributed by atoms with Gasteiger partial charge in [-0.25, -0.2) is 19.9 Å². The zero-order valence-electron chi connectivity index (χ0n) is 13.7. The molecule has 26 heavy (non-hydrogen) atoms.